The highest BCUT2D eigenvalue weighted by atomic mass is 35.5. The molecule has 2 aromatic rings. The second kappa shape index (κ2) is 6.28. The standard InChI is InChI=1S/C12H15N3.ClH/c1-15-10-13-14-12(15)9-5-8-11-6-3-2-4-7-11;/h2-4,6-7,10H,5,8-9H2,1H3;1H. The number of benzene rings is 1. The Kier molecular flexibility index (Phi) is 4.99. The number of aryl methyl sites for hydroxylation is 3. The third kappa shape index (κ3) is 3.35. The average molecular weight is 238 g/mol. The van der Waals surface area contributed by atoms with Crippen LogP contribution in [-0.4, -0.2) is 14.8 Å². The highest BCUT2D eigenvalue weighted by Crippen LogP contribution is 2.05. The molecule has 0 bridgehead atoms. The van der Waals surface area contributed by atoms with E-state index in [1.54, 1.807) is 6.33 Å². The van der Waals surface area contributed by atoms with Crippen LogP contribution in [0.25, 0.3) is 0 Å². The van der Waals surface area contributed by atoms with Crippen molar-refractivity contribution in [2.45, 2.75) is 19.3 Å². The van der Waals surface area contributed by atoms with E-state index >= 15 is 0 Å². The van der Waals surface area contributed by atoms with Crippen LogP contribution in [-0.2, 0) is 19.9 Å². The van der Waals surface area contributed by atoms with Gasteiger partial charge in [-0.1, -0.05) is 30.3 Å². The molecular weight excluding hydrogens is 222 g/mol. The fraction of sp³-hybridized carbons (Fsp3) is 0.333. The van der Waals surface area contributed by atoms with Gasteiger partial charge in [0.2, 0.25) is 0 Å². The third-order valence-electron chi connectivity index (χ3n) is 2.51. The summed E-state index contributed by atoms with van der Waals surface area (Å²) in [7, 11) is 1.98. The second-order valence-electron chi connectivity index (χ2n) is 3.70. The topological polar surface area (TPSA) is 30.7 Å². The maximum Gasteiger partial charge on any atom is 0.132 e. The second-order valence-corrected chi connectivity index (χ2v) is 3.70. The highest BCUT2D eigenvalue weighted by Gasteiger charge is 2.00. The zero-order valence-corrected chi connectivity index (χ0v) is 10.2. The van der Waals surface area contributed by atoms with Gasteiger partial charge in [0.25, 0.3) is 0 Å². The smallest absolute Gasteiger partial charge is 0.132 e. The van der Waals surface area contributed by atoms with Crippen LogP contribution in [0.2, 0.25) is 0 Å². The van der Waals surface area contributed by atoms with Crippen LogP contribution in [0, 0.1) is 0 Å². The van der Waals surface area contributed by atoms with Gasteiger partial charge < -0.3 is 4.57 Å². The van der Waals surface area contributed by atoms with E-state index in [1.165, 1.54) is 5.56 Å². The Morgan fingerprint density at radius 2 is 1.88 bits per heavy atom. The maximum absolute atomic E-state index is 4.06. The Hall–Kier alpha value is -1.35. The summed E-state index contributed by atoms with van der Waals surface area (Å²) in [6, 6.07) is 10.5. The van der Waals surface area contributed by atoms with Crippen molar-refractivity contribution in [1.29, 1.82) is 0 Å². The monoisotopic (exact) mass is 237 g/mol. The molecule has 1 aromatic heterocycles. The van der Waals surface area contributed by atoms with Gasteiger partial charge in [0.05, 0.1) is 0 Å². The molecule has 16 heavy (non-hydrogen) atoms. The van der Waals surface area contributed by atoms with Crippen molar-refractivity contribution in [1.82, 2.24) is 14.8 Å². The Morgan fingerprint density at radius 3 is 2.50 bits per heavy atom. The Morgan fingerprint density at radius 1 is 1.12 bits per heavy atom. The first-order valence-corrected chi connectivity index (χ1v) is 5.23. The molecule has 0 saturated carbocycles. The minimum absolute atomic E-state index is 0. The lowest BCUT2D eigenvalue weighted by atomic mass is 10.1. The van der Waals surface area contributed by atoms with Crippen LogP contribution in [0.4, 0.5) is 0 Å². The van der Waals surface area contributed by atoms with Crippen LogP contribution >= 0.6 is 12.4 Å². The summed E-state index contributed by atoms with van der Waals surface area (Å²) in [5.41, 5.74) is 1.39. The summed E-state index contributed by atoms with van der Waals surface area (Å²) >= 11 is 0. The maximum atomic E-state index is 4.06. The summed E-state index contributed by atoms with van der Waals surface area (Å²) < 4.78 is 1.98. The van der Waals surface area contributed by atoms with Crippen molar-refractivity contribution in [2.75, 3.05) is 0 Å². The SMILES string of the molecule is Cl.Cn1cnnc1CCCc1ccccc1. The van der Waals surface area contributed by atoms with Crippen LogP contribution in [0.3, 0.4) is 0 Å². The van der Waals surface area contributed by atoms with Gasteiger partial charge in [-0.25, -0.2) is 0 Å². The first kappa shape index (κ1) is 12.7. The summed E-state index contributed by atoms with van der Waals surface area (Å²) in [6.45, 7) is 0. The molecule has 86 valence electrons. The van der Waals surface area contributed by atoms with Crippen molar-refractivity contribution in [3.05, 3.63) is 48.0 Å². The van der Waals surface area contributed by atoms with E-state index in [9.17, 15) is 0 Å². The van der Waals surface area contributed by atoms with Gasteiger partial charge >= 0.3 is 0 Å². The molecule has 0 saturated heterocycles. The van der Waals surface area contributed by atoms with Gasteiger partial charge in [0.15, 0.2) is 0 Å². The number of rotatable bonds is 4. The summed E-state index contributed by atoms with van der Waals surface area (Å²) in [4.78, 5) is 0. The van der Waals surface area contributed by atoms with E-state index in [0.717, 1.165) is 25.1 Å². The molecule has 0 atom stereocenters. The molecule has 0 radical (unpaired) electrons. The lowest BCUT2D eigenvalue weighted by molar-refractivity contribution is 0.722. The van der Waals surface area contributed by atoms with Gasteiger partial charge in [-0.3, -0.25) is 0 Å². The van der Waals surface area contributed by atoms with E-state index < -0.39 is 0 Å². The predicted molar refractivity (Wildman–Crippen MR) is 66.7 cm³/mol. The molecule has 0 N–H and O–H groups in total. The quantitative estimate of drug-likeness (QED) is 0.818. The normalized spacial score (nSPS) is 9.81. The fourth-order valence-corrected chi connectivity index (χ4v) is 1.63. The largest absolute Gasteiger partial charge is 0.321 e. The van der Waals surface area contributed by atoms with Crippen LogP contribution in [0.5, 0.6) is 0 Å². The van der Waals surface area contributed by atoms with Crippen molar-refractivity contribution in [3.8, 4) is 0 Å². The average Bonchev–Trinajstić information content (AvgIpc) is 2.66. The minimum Gasteiger partial charge on any atom is -0.321 e. The highest BCUT2D eigenvalue weighted by molar-refractivity contribution is 5.85. The van der Waals surface area contributed by atoms with Gasteiger partial charge in [-0.05, 0) is 18.4 Å². The molecule has 0 spiro atoms. The van der Waals surface area contributed by atoms with Crippen LogP contribution in [0.1, 0.15) is 17.8 Å². The first-order chi connectivity index (χ1) is 7.36. The molecule has 1 aromatic carbocycles. The number of halogens is 1. The van der Waals surface area contributed by atoms with E-state index in [-0.39, 0.29) is 12.4 Å². The first-order valence-electron chi connectivity index (χ1n) is 5.23. The van der Waals surface area contributed by atoms with Crippen molar-refractivity contribution in [2.24, 2.45) is 7.05 Å². The number of aromatic nitrogens is 3. The fourth-order valence-electron chi connectivity index (χ4n) is 1.63. The van der Waals surface area contributed by atoms with Gasteiger partial charge in [0, 0.05) is 13.5 Å². The van der Waals surface area contributed by atoms with Gasteiger partial charge in [0.1, 0.15) is 12.2 Å². The Labute approximate surface area is 102 Å². The van der Waals surface area contributed by atoms with E-state index in [2.05, 4.69) is 34.5 Å². The Bertz CT molecular complexity index is 411. The van der Waals surface area contributed by atoms with Crippen molar-refractivity contribution >= 4 is 12.4 Å². The van der Waals surface area contributed by atoms with Crippen LogP contribution in [0.15, 0.2) is 36.7 Å². The third-order valence-corrected chi connectivity index (χ3v) is 2.51. The minimum atomic E-state index is 0. The van der Waals surface area contributed by atoms with Gasteiger partial charge in [-0.15, -0.1) is 22.6 Å². The molecule has 0 aliphatic carbocycles. The molecule has 2 rings (SSSR count). The number of hydrogen-bond donors (Lipinski definition) is 0. The van der Waals surface area contributed by atoms with E-state index in [0.29, 0.717) is 0 Å². The van der Waals surface area contributed by atoms with Gasteiger partial charge in [-0.2, -0.15) is 0 Å². The van der Waals surface area contributed by atoms with Crippen molar-refractivity contribution in [3.63, 3.8) is 0 Å². The molecule has 0 aliphatic heterocycles. The molecule has 4 heteroatoms. The molecule has 0 fully saturated rings. The molecule has 3 nitrogen and oxygen atoms in total. The summed E-state index contributed by atoms with van der Waals surface area (Å²) in [5.74, 6) is 1.06. The zero-order valence-electron chi connectivity index (χ0n) is 9.34. The lowest BCUT2D eigenvalue weighted by Gasteiger charge is -2.01. The molecular formula is C12H16ClN3. The zero-order chi connectivity index (χ0) is 10.5. The van der Waals surface area contributed by atoms with Crippen LogP contribution < -0.4 is 0 Å². The number of nitrogens with zero attached hydrogens (tertiary/aromatic N) is 3. The lowest BCUT2D eigenvalue weighted by Crippen LogP contribution is -1.98. The summed E-state index contributed by atoms with van der Waals surface area (Å²) in [6.07, 6.45) is 4.97. The molecule has 1 heterocycles. The van der Waals surface area contributed by atoms with E-state index in [4.69, 9.17) is 0 Å². The molecule has 0 amide bonds. The van der Waals surface area contributed by atoms with E-state index in [1.807, 2.05) is 17.7 Å². The summed E-state index contributed by atoms with van der Waals surface area (Å²) in [5, 5.41) is 7.92. The number of hydrogen-bond acceptors (Lipinski definition) is 2. The molecule has 0 aliphatic rings. The Balaban J connectivity index is 0.00000128. The molecule has 0 unspecified atom stereocenters. The van der Waals surface area contributed by atoms with Crippen molar-refractivity contribution < 1.29 is 0 Å². The predicted octanol–water partition coefficient (Wildman–Crippen LogP) is 2.41.